The number of ether oxygens (including phenoxy) is 1. The average Bonchev–Trinajstić information content (AvgIpc) is 2.74. The quantitative estimate of drug-likeness (QED) is 0.697. The second-order valence-corrected chi connectivity index (χ2v) is 8.22. The van der Waals surface area contributed by atoms with Crippen molar-refractivity contribution in [3.8, 4) is 0 Å². The van der Waals surface area contributed by atoms with Gasteiger partial charge in [0.25, 0.3) is 5.91 Å². The minimum absolute atomic E-state index is 0.0751. The lowest BCUT2D eigenvalue weighted by molar-refractivity contribution is -0.121. The minimum Gasteiger partial charge on any atom is -0.379 e. The fourth-order valence-corrected chi connectivity index (χ4v) is 4.43. The van der Waals surface area contributed by atoms with E-state index < -0.39 is 27.7 Å². The Bertz CT molecular complexity index is 989. The summed E-state index contributed by atoms with van der Waals surface area (Å²) < 4.78 is 45.1. The summed E-state index contributed by atoms with van der Waals surface area (Å²) in [7, 11) is -3.88. The number of hydrogen-bond acceptors (Lipinski definition) is 5. The monoisotopic (exact) mass is 421 g/mol. The van der Waals surface area contributed by atoms with E-state index in [9.17, 15) is 22.4 Å². The number of benzene rings is 2. The third-order valence-electron chi connectivity index (χ3n) is 4.31. The molecule has 1 aliphatic rings. The van der Waals surface area contributed by atoms with Crippen LogP contribution >= 0.6 is 0 Å². The zero-order chi connectivity index (χ0) is 20.9. The number of halogens is 1. The Labute approximate surface area is 167 Å². The van der Waals surface area contributed by atoms with Gasteiger partial charge in [-0.3, -0.25) is 20.4 Å². The third-order valence-corrected chi connectivity index (χ3v) is 6.27. The molecule has 0 radical (unpaired) electrons. The summed E-state index contributed by atoms with van der Waals surface area (Å²) in [5, 5.41) is 0. The highest BCUT2D eigenvalue weighted by molar-refractivity contribution is 7.89. The molecule has 3 rings (SSSR count). The molecule has 0 unspecified atom stereocenters. The normalized spacial score (nSPS) is 14.9. The van der Waals surface area contributed by atoms with E-state index in [-0.39, 0.29) is 43.2 Å². The first kappa shape index (κ1) is 20.9. The van der Waals surface area contributed by atoms with Crippen molar-refractivity contribution in [2.75, 3.05) is 26.3 Å². The van der Waals surface area contributed by atoms with Crippen LogP contribution in [-0.4, -0.2) is 50.8 Å². The lowest BCUT2D eigenvalue weighted by Gasteiger charge is -2.26. The standard InChI is InChI=1S/C19H20FN3O5S/c20-15-7-5-14(6-8-15)13-18(24)21-22-19(25)16-3-1-2-4-17(16)29(26,27)23-9-11-28-12-10-23/h1-8H,9-13H2,(H,21,24)(H,22,25). The molecule has 0 aromatic heterocycles. The lowest BCUT2D eigenvalue weighted by atomic mass is 10.1. The summed E-state index contributed by atoms with van der Waals surface area (Å²) in [6, 6.07) is 11.2. The summed E-state index contributed by atoms with van der Waals surface area (Å²) in [4.78, 5) is 24.4. The molecule has 0 aliphatic carbocycles. The summed E-state index contributed by atoms with van der Waals surface area (Å²) in [5.74, 6) is -1.70. The van der Waals surface area contributed by atoms with Crippen LogP contribution in [0.3, 0.4) is 0 Å². The van der Waals surface area contributed by atoms with Crippen LogP contribution in [0.1, 0.15) is 15.9 Å². The minimum atomic E-state index is -3.88. The number of rotatable bonds is 5. The molecule has 29 heavy (non-hydrogen) atoms. The predicted molar refractivity (Wildman–Crippen MR) is 102 cm³/mol. The molecule has 2 amide bonds. The molecule has 0 bridgehead atoms. The van der Waals surface area contributed by atoms with Crippen molar-refractivity contribution >= 4 is 21.8 Å². The smallest absolute Gasteiger partial charge is 0.271 e. The average molecular weight is 421 g/mol. The Balaban J connectivity index is 1.68. The number of hydrazine groups is 1. The Kier molecular flexibility index (Phi) is 6.57. The fraction of sp³-hybridized carbons (Fsp3) is 0.263. The molecule has 2 aromatic carbocycles. The highest BCUT2D eigenvalue weighted by atomic mass is 32.2. The van der Waals surface area contributed by atoms with E-state index in [2.05, 4.69) is 10.9 Å². The molecule has 1 aliphatic heterocycles. The fourth-order valence-electron chi connectivity index (χ4n) is 2.83. The maximum absolute atomic E-state index is 12.9. The summed E-state index contributed by atoms with van der Waals surface area (Å²) in [5.41, 5.74) is 4.95. The molecule has 154 valence electrons. The van der Waals surface area contributed by atoms with Gasteiger partial charge in [-0.25, -0.2) is 12.8 Å². The first-order valence-electron chi connectivity index (χ1n) is 8.88. The number of carbonyl (C=O) groups is 2. The van der Waals surface area contributed by atoms with E-state index in [1.165, 1.54) is 52.8 Å². The van der Waals surface area contributed by atoms with Crippen LogP contribution in [0.5, 0.6) is 0 Å². The Hall–Kier alpha value is -2.82. The lowest BCUT2D eigenvalue weighted by Crippen LogP contribution is -2.44. The Morgan fingerprint density at radius 3 is 2.34 bits per heavy atom. The van der Waals surface area contributed by atoms with Gasteiger partial charge < -0.3 is 4.74 Å². The molecular weight excluding hydrogens is 401 g/mol. The van der Waals surface area contributed by atoms with Crippen LogP contribution in [0.25, 0.3) is 0 Å². The van der Waals surface area contributed by atoms with Gasteiger partial charge in [0, 0.05) is 13.1 Å². The van der Waals surface area contributed by atoms with Crippen molar-refractivity contribution in [3.63, 3.8) is 0 Å². The number of nitrogens with zero attached hydrogens (tertiary/aromatic N) is 1. The first-order chi connectivity index (χ1) is 13.9. The topological polar surface area (TPSA) is 105 Å². The largest absolute Gasteiger partial charge is 0.379 e. The SMILES string of the molecule is O=C(Cc1ccc(F)cc1)NNC(=O)c1ccccc1S(=O)(=O)N1CCOCC1. The third kappa shape index (κ3) is 5.17. The molecule has 10 heteroatoms. The molecule has 1 saturated heterocycles. The Morgan fingerprint density at radius 2 is 1.66 bits per heavy atom. The molecule has 0 atom stereocenters. The second-order valence-electron chi connectivity index (χ2n) is 6.32. The van der Waals surface area contributed by atoms with E-state index in [0.29, 0.717) is 5.56 Å². The number of amides is 2. The Morgan fingerprint density at radius 1 is 1.00 bits per heavy atom. The zero-order valence-corrected chi connectivity index (χ0v) is 16.2. The number of morpholine rings is 1. The van der Waals surface area contributed by atoms with Gasteiger partial charge in [-0.05, 0) is 29.8 Å². The van der Waals surface area contributed by atoms with E-state index >= 15 is 0 Å². The van der Waals surface area contributed by atoms with E-state index in [1.54, 1.807) is 0 Å². The first-order valence-corrected chi connectivity index (χ1v) is 10.3. The number of nitrogens with one attached hydrogen (secondary N) is 2. The highest BCUT2D eigenvalue weighted by Gasteiger charge is 2.30. The molecule has 8 nitrogen and oxygen atoms in total. The van der Waals surface area contributed by atoms with Gasteiger partial charge in [0.2, 0.25) is 15.9 Å². The predicted octanol–water partition coefficient (Wildman–Crippen LogP) is 0.850. The summed E-state index contributed by atoms with van der Waals surface area (Å²) in [6.45, 7) is 0.972. The van der Waals surface area contributed by atoms with Gasteiger partial charge in [0.05, 0.1) is 30.1 Å². The van der Waals surface area contributed by atoms with Gasteiger partial charge in [0.15, 0.2) is 0 Å². The maximum Gasteiger partial charge on any atom is 0.271 e. The second kappa shape index (κ2) is 9.12. The van der Waals surface area contributed by atoms with Gasteiger partial charge in [-0.15, -0.1) is 0 Å². The van der Waals surface area contributed by atoms with Crippen molar-refractivity contribution in [1.29, 1.82) is 0 Å². The molecule has 2 aromatic rings. The van der Waals surface area contributed by atoms with Gasteiger partial charge >= 0.3 is 0 Å². The van der Waals surface area contributed by atoms with Gasteiger partial charge in [-0.2, -0.15) is 4.31 Å². The van der Waals surface area contributed by atoms with Crippen molar-refractivity contribution in [2.45, 2.75) is 11.3 Å². The van der Waals surface area contributed by atoms with Crippen LogP contribution in [0.2, 0.25) is 0 Å². The van der Waals surface area contributed by atoms with Crippen molar-refractivity contribution in [1.82, 2.24) is 15.2 Å². The number of carbonyl (C=O) groups excluding carboxylic acids is 2. The van der Waals surface area contributed by atoms with Crippen LogP contribution in [0.4, 0.5) is 4.39 Å². The van der Waals surface area contributed by atoms with Gasteiger partial charge in [-0.1, -0.05) is 24.3 Å². The van der Waals surface area contributed by atoms with Crippen molar-refractivity contribution in [2.24, 2.45) is 0 Å². The molecule has 0 saturated carbocycles. The highest BCUT2D eigenvalue weighted by Crippen LogP contribution is 2.21. The molecular formula is C19H20FN3O5S. The van der Waals surface area contributed by atoms with Crippen LogP contribution in [0, 0.1) is 5.82 Å². The zero-order valence-electron chi connectivity index (χ0n) is 15.4. The van der Waals surface area contributed by atoms with Crippen molar-refractivity contribution < 1.29 is 27.1 Å². The summed E-state index contributed by atoms with van der Waals surface area (Å²) >= 11 is 0. The van der Waals surface area contributed by atoms with Crippen LogP contribution in [0.15, 0.2) is 53.4 Å². The number of hydrogen-bond donors (Lipinski definition) is 2. The van der Waals surface area contributed by atoms with E-state index in [4.69, 9.17) is 4.74 Å². The summed E-state index contributed by atoms with van der Waals surface area (Å²) in [6.07, 6.45) is -0.0751. The molecule has 1 fully saturated rings. The van der Waals surface area contributed by atoms with Gasteiger partial charge in [0.1, 0.15) is 5.82 Å². The maximum atomic E-state index is 12.9. The molecule has 0 spiro atoms. The van der Waals surface area contributed by atoms with Crippen LogP contribution in [-0.2, 0) is 26.0 Å². The molecule has 1 heterocycles. The van der Waals surface area contributed by atoms with E-state index in [1.807, 2.05) is 0 Å². The van der Waals surface area contributed by atoms with E-state index in [0.717, 1.165) is 0 Å². The van der Waals surface area contributed by atoms with Crippen molar-refractivity contribution in [3.05, 3.63) is 65.5 Å². The number of sulfonamides is 1. The van der Waals surface area contributed by atoms with Crippen LogP contribution < -0.4 is 10.9 Å². The molecule has 2 N–H and O–H groups in total.